The Labute approximate surface area is 115 Å². The predicted octanol–water partition coefficient (Wildman–Crippen LogP) is 2.75. The minimum atomic E-state index is -0.271. The summed E-state index contributed by atoms with van der Waals surface area (Å²) in [7, 11) is 1.93. The highest BCUT2D eigenvalue weighted by molar-refractivity contribution is 5.19. The fraction of sp³-hybridized carbons (Fsp3) is 0.667. The first kappa shape index (κ1) is 14.4. The Bertz CT molecular complexity index is 414. The molecular formula is C15H24FN3. The zero-order valence-electron chi connectivity index (χ0n) is 12.1. The number of halogens is 1. The average molecular weight is 265 g/mol. The van der Waals surface area contributed by atoms with Crippen LogP contribution in [-0.4, -0.2) is 35.6 Å². The summed E-state index contributed by atoms with van der Waals surface area (Å²) in [4.78, 5) is 6.48. The molecule has 1 fully saturated rings. The lowest BCUT2D eigenvalue weighted by Gasteiger charge is -2.46. The van der Waals surface area contributed by atoms with E-state index >= 15 is 0 Å². The van der Waals surface area contributed by atoms with E-state index in [1.54, 1.807) is 12.3 Å². The zero-order chi connectivity index (χ0) is 13.9. The summed E-state index contributed by atoms with van der Waals surface area (Å²) in [5.41, 5.74) is 0.864. The van der Waals surface area contributed by atoms with Gasteiger partial charge in [-0.3, -0.25) is 9.88 Å². The normalized spacial score (nSPS) is 19.4. The van der Waals surface area contributed by atoms with E-state index in [-0.39, 0.29) is 17.4 Å². The molecule has 1 saturated heterocycles. The Balaban J connectivity index is 2.24. The van der Waals surface area contributed by atoms with Gasteiger partial charge in [0.1, 0.15) is 5.82 Å². The van der Waals surface area contributed by atoms with Crippen molar-refractivity contribution < 1.29 is 4.39 Å². The third-order valence-electron chi connectivity index (χ3n) is 4.23. The van der Waals surface area contributed by atoms with Gasteiger partial charge in [-0.1, -0.05) is 6.42 Å². The van der Waals surface area contributed by atoms with E-state index < -0.39 is 0 Å². The van der Waals surface area contributed by atoms with E-state index in [1.807, 2.05) is 7.05 Å². The summed E-state index contributed by atoms with van der Waals surface area (Å²) in [5.74, 6) is -0.271. The molecule has 19 heavy (non-hydrogen) atoms. The van der Waals surface area contributed by atoms with Gasteiger partial charge in [0.25, 0.3) is 0 Å². The third kappa shape index (κ3) is 3.12. The molecule has 1 aliphatic rings. The monoisotopic (exact) mass is 265 g/mol. The highest BCUT2D eigenvalue weighted by atomic mass is 19.1. The van der Waals surface area contributed by atoms with Crippen molar-refractivity contribution in [2.75, 3.05) is 20.1 Å². The van der Waals surface area contributed by atoms with Crippen LogP contribution in [0.15, 0.2) is 18.5 Å². The van der Waals surface area contributed by atoms with Crippen molar-refractivity contribution in [2.45, 2.75) is 44.7 Å². The number of likely N-dealkylation sites (N-methyl/N-ethyl adjacent to an activating group) is 1. The van der Waals surface area contributed by atoms with Gasteiger partial charge in [0.15, 0.2) is 0 Å². The topological polar surface area (TPSA) is 28.2 Å². The number of hydrogen-bond acceptors (Lipinski definition) is 3. The van der Waals surface area contributed by atoms with Crippen molar-refractivity contribution in [1.29, 1.82) is 0 Å². The molecule has 1 unspecified atom stereocenters. The molecule has 1 N–H and O–H groups in total. The molecule has 0 saturated carbocycles. The van der Waals surface area contributed by atoms with E-state index in [1.165, 1.54) is 25.5 Å². The SMILES string of the molecule is CNC(c1cncc(F)c1)C(C)(C)N1CCCCC1. The van der Waals surface area contributed by atoms with Crippen LogP contribution in [0.25, 0.3) is 0 Å². The van der Waals surface area contributed by atoms with Crippen LogP contribution in [0.5, 0.6) is 0 Å². The predicted molar refractivity (Wildman–Crippen MR) is 75.5 cm³/mol. The van der Waals surface area contributed by atoms with Gasteiger partial charge in [0.2, 0.25) is 0 Å². The second kappa shape index (κ2) is 5.97. The summed E-state index contributed by atoms with van der Waals surface area (Å²) < 4.78 is 13.4. The van der Waals surface area contributed by atoms with Gasteiger partial charge in [0.05, 0.1) is 12.2 Å². The van der Waals surface area contributed by atoms with Gasteiger partial charge >= 0.3 is 0 Å². The van der Waals surface area contributed by atoms with Crippen molar-refractivity contribution in [3.8, 4) is 0 Å². The number of rotatable bonds is 4. The smallest absolute Gasteiger partial charge is 0.141 e. The Morgan fingerprint density at radius 2 is 1.95 bits per heavy atom. The van der Waals surface area contributed by atoms with Crippen molar-refractivity contribution in [2.24, 2.45) is 0 Å². The lowest BCUT2D eigenvalue weighted by atomic mass is 9.86. The highest BCUT2D eigenvalue weighted by Gasteiger charge is 2.36. The van der Waals surface area contributed by atoms with Crippen LogP contribution in [0.3, 0.4) is 0 Å². The molecule has 0 bridgehead atoms. The molecule has 2 heterocycles. The molecule has 1 aliphatic heterocycles. The molecule has 1 aromatic heterocycles. The Hall–Kier alpha value is -1.00. The lowest BCUT2D eigenvalue weighted by Crippen LogP contribution is -2.53. The van der Waals surface area contributed by atoms with Gasteiger partial charge in [-0.15, -0.1) is 0 Å². The van der Waals surface area contributed by atoms with Crippen LogP contribution in [0.4, 0.5) is 4.39 Å². The van der Waals surface area contributed by atoms with Crippen molar-refractivity contribution in [1.82, 2.24) is 15.2 Å². The summed E-state index contributed by atoms with van der Waals surface area (Å²) in [5, 5.41) is 3.33. The standard InChI is InChI=1S/C15H24FN3/c1-15(2,19-7-5-4-6-8-19)14(17-3)12-9-13(16)11-18-10-12/h9-11,14,17H,4-8H2,1-3H3. The van der Waals surface area contributed by atoms with Gasteiger partial charge in [0, 0.05) is 11.7 Å². The van der Waals surface area contributed by atoms with Gasteiger partial charge < -0.3 is 5.32 Å². The average Bonchev–Trinajstić information content (AvgIpc) is 2.40. The van der Waals surface area contributed by atoms with E-state index in [2.05, 4.69) is 29.0 Å². The molecule has 3 nitrogen and oxygen atoms in total. The van der Waals surface area contributed by atoms with Crippen LogP contribution < -0.4 is 5.32 Å². The molecule has 1 aromatic rings. The van der Waals surface area contributed by atoms with E-state index in [0.717, 1.165) is 18.7 Å². The molecule has 2 rings (SSSR count). The fourth-order valence-electron chi connectivity index (χ4n) is 3.17. The van der Waals surface area contributed by atoms with Crippen LogP contribution >= 0.6 is 0 Å². The Kier molecular flexibility index (Phi) is 4.53. The highest BCUT2D eigenvalue weighted by Crippen LogP contribution is 2.32. The van der Waals surface area contributed by atoms with Crippen LogP contribution in [0, 0.1) is 5.82 Å². The van der Waals surface area contributed by atoms with Crippen LogP contribution in [0.1, 0.15) is 44.7 Å². The molecule has 4 heteroatoms. The maximum absolute atomic E-state index is 13.4. The maximum atomic E-state index is 13.4. The lowest BCUT2D eigenvalue weighted by molar-refractivity contribution is 0.0631. The number of nitrogens with zero attached hydrogens (tertiary/aromatic N) is 2. The van der Waals surface area contributed by atoms with Crippen molar-refractivity contribution in [3.63, 3.8) is 0 Å². The quantitative estimate of drug-likeness (QED) is 0.907. The fourth-order valence-corrected chi connectivity index (χ4v) is 3.17. The third-order valence-corrected chi connectivity index (χ3v) is 4.23. The number of aromatic nitrogens is 1. The number of hydrogen-bond donors (Lipinski definition) is 1. The van der Waals surface area contributed by atoms with Crippen LogP contribution in [-0.2, 0) is 0 Å². The first-order valence-electron chi connectivity index (χ1n) is 7.08. The van der Waals surface area contributed by atoms with Crippen LogP contribution in [0.2, 0.25) is 0 Å². The van der Waals surface area contributed by atoms with Gasteiger partial charge in [-0.05, 0) is 58.5 Å². The number of piperidine rings is 1. The first-order valence-corrected chi connectivity index (χ1v) is 7.08. The molecule has 1 atom stereocenters. The van der Waals surface area contributed by atoms with E-state index in [0.29, 0.717) is 0 Å². The summed E-state index contributed by atoms with van der Waals surface area (Å²) >= 11 is 0. The molecule has 0 spiro atoms. The minimum absolute atomic E-state index is 0.0509. The van der Waals surface area contributed by atoms with Crippen molar-refractivity contribution >= 4 is 0 Å². The Morgan fingerprint density at radius 1 is 1.26 bits per heavy atom. The molecular weight excluding hydrogens is 241 g/mol. The second-order valence-corrected chi connectivity index (χ2v) is 5.86. The molecule has 0 radical (unpaired) electrons. The number of likely N-dealkylation sites (tertiary alicyclic amines) is 1. The number of nitrogens with one attached hydrogen (secondary N) is 1. The zero-order valence-corrected chi connectivity index (χ0v) is 12.1. The van der Waals surface area contributed by atoms with E-state index in [4.69, 9.17) is 0 Å². The maximum Gasteiger partial charge on any atom is 0.141 e. The number of pyridine rings is 1. The molecule has 106 valence electrons. The summed E-state index contributed by atoms with van der Waals surface area (Å²) in [6.07, 6.45) is 6.83. The largest absolute Gasteiger partial charge is 0.311 e. The summed E-state index contributed by atoms with van der Waals surface area (Å²) in [6, 6.07) is 1.66. The van der Waals surface area contributed by atoms with Gasteiger partial charge in [-0.2, -0.15) is 0 Å². The molecule has 0 aromatic carbocycles. The second-order valence-electron chi connectivity index (χ2n) is 5.86. The van der Waals surface area contributed by atoms with E-state index in [9.17, 15) is 4.39 Å². The summed E-state index contributed by atoms with van der Waals surface area (Å²) in [6.45, 7) is 6.69. The molecule has 0 amide bonds. The van der Waals surface area contributed by atoms with Gasteiger partial charge in [-0.25, -0.2) is 4.39 Å². The van der Waals surface area contributed by atoms with Crippen molar-refractivity contribution in [3.05, 3.63) is 29.8 Å². The Morgan fingerprint density at radius 3 is 2.53 bits per heavy atom. The minimum Gasteiger partial charge on any atom is -0.311 e. The first-order chi connectivity index (χ1) is 9.05. The molecule has 0 aliphatic carbocycles.